The lowest BCUT2D eigenvalue weighted by Gasteiger charge is -2.16. The zero-order valence-corrected chi connectivity index (χ0v) is 17.1. The summed E-state index contributed by atoms with van der Waals surface area (Å²) in [5.41, 5.74) is 1.80. The molecule has 0 atom stereocenters. The molecule has 0 saturated heterocycles. The second kappa shape index (κ2) is 8.66. The number of carbonyl (C=O) groups is 1. The molecule has 2 aromatic carbocycles. The van der Waals surface area contributed by atoms with Crippen LogP contribution in [0.2, 0.25) is 0 Å². The zero-order chi connectivity index (χ0) is 21.8. The Bertz CT molecular complexity index is 1180. The van der Waals surface area contributed by atoms with Crippen LogP contribution >= 0.6 is 0 Å². The average molecular weight is 402 g/mol. The van der Waals surface area contributed by atoms with Crippen LogP contribution in [0.25, 0.3) is 0 Å². The van der Waals surface area contributed by atoms with Crippen molar-refractivity contribution < 1.29 is 14.6 Å². The molecule has 0 aliphatic heterocycles. The van der Waals surface area contributed by atoms with E-state index in [1.54, 1.807) is 24.3 Å². The standard InChI is InChI=1S/C24H22N2O4/c1-15-8-7-9-16(2)22(15)30-14-20(27)21-17(3)19(12-25)23(28)26(24(21)29)13-18-10-5-4-6-11-18/h4-11,29H,13-14H2,1-3H3. The van der Waals surface area contributed by atoms with Gasteiger partial charge in [-0.1, -0.05) is 48.5 Å². The monoisotopic (exact) mass is 402 g/mol. The van der Waals surface area contributed by atoms with E-state index in [1.807, 2.05) is 44.2 Å². The van der Waals surface area contributed by atoms with E-state index < -0.39 is 17.2 Å². The number of aryl methyl sites for hydroxylation is 2. The van der Waals surface area contributed by atoms with Crippen LogP contribution < -0.4 is 10.3 Å². The zero-order valence-electron chi connectivity index (χ0n) is 17.1. The number of ether oxygens (including phenoxy) is 1. The molecule has 3 aromatic rings. The van der Waals surface area contributed by atoms with Crippen molar-refractivity contribution in [1.29, 1.82) is 5.26 Å². The normalized spacial score (nSPS) is 10.5. The summed E-state index contributed by atoms with van der Waals surface area (Å²) >= 11 is 0. The lowest BCUT2D eigenvalue weighted by Crippen LogP contribution is -2.28. The number of benzene rings is 2. The van der Waals surface area contributed by atoms with Crippen LogP contribution in [-0.4, -0.2) is 22.1 Å². The highest BCUT2D eigenvalue weighted by atomic mass is 16.5. The number of carbonyl (C=O) groups excluding carboxylic acids is 1. The van der Waals surface area contributed by atoms with Gasteiger partial charge in [-0.25, -0.2) is 0 Å². The Morgan fingerprint density at radius 1 is 1.07 bits per heavy atom. The lowest BCUT2D eigenvalue weighted by atomic mass is 10.0. The van der Waals surface area contributed by atoms with Crippen LogP contribution in [-0.2, 0) is 6.54 Å². The van der Waals surface area contributed by atoms with E-state index in [4.69, 9.17) is 4.74 Å². The van der Waals surface area contributed by atoms with Gasteiger partial charge < -0.3 is 9.84 Å². The van der Waals surface area contributed by atoms with Gasteiger partial charge in [-0.2, -0.15) is 5.26 Å². The van der Waals surface area contributed by atoms with Gasteiger partial charge >= 0.3 is 0 Å². The van der Waals surface area contributed by atoms with Crippen molar-refractivity contribution in [2.24, 2.45) is 0 Å². The summed E-state index contributed by atoms with van der Waals surface area (Å²) in [6.07, 6.45) is 0. The number of hydrogen-bond donors (Lipinski definition) is 1. The Balaban J connectivity index is 2.01. The molecule has 0 saturated carbocycles. The molecular weight excluding hydrogens is 380 g/mol. The molecule has 0 spiro atoms. The van der Waals surface area contributed by atoms with Gasteiger partial charge in [-0.05, 0) is 43.0 Å². The van der Waals surface area contributed by atoms with Crippen molar-refractivity contribution in [3.63, 3.8) is 0 Å². The Morgan fingerprint density at radius 2 is 1.70 bits per heavy atom. The van der Waals surface area contributed by atoms with Crippen molar-refractivity contribution >= 4 is 5.78 Å². The second-order valence-electron chi connectivity index (χ2n) is 7.12. The third-order valence-electron chi connectivity index (χ3n) is 5.02. The van der Waals surface area contributed by atoms with Gasteiger partial charge in [0.2, 0.25) is 11.7 Å². The third-order valence-corrected chi connectivity index (χ3v) is 5.02. The van der Waals surface area contributed by atoms with Crippen LogP contribution in [0.5, 0.6) is 11.6 Å². The van der Waals surface area contributed by atoms with Crippen LogP contribution in [0.3, 0.4) is 0 Å². The number of Topliss-reactive ketones (excluding diaryl/α,β-unsaturated/α-hetero) is 1. The van der Waals surface area contributed by atoms with E-state index in [-0.39, 0.29) is 29.8 Å². The highest BCUT2D eigenvalue weighted by molar-refractivity contribution is 6.01. The SMILES string of the molecule is Cc1cccc(C)c1OCC(=O)c1c(C)c(C#N)c(=O)n(Cc2ccccc2)c1O. The number of hydrogen-bond acceptors (Lipinski definition) is 5. The number of para-hydroxylation sites is 1. The molecule has 0 aliphatic rings. The molecule has 6 nitrogen and oxygen atoms in total. The van der Waals surface area contributed by atoms with Crippen molar-refractivity contribution in [2.45, 2.75) is 27.3 Å². The first-order chi connectivity index (χ1) is 14.3. The van der Waals surface area contributed by atoms with Crippen LogP contribution in [0.4, 0.5) is 0 Å². The second-order valence-corrected chi connectivity index (χ2v) is 7.12. The number of aromatic hydroxyl groups is 1. The highest BCUT2D eigenvalue weighted by Gasteiger charge is 2.24. The summed E-state index contributed by atoms with van der Waals surface area (Å²) in [6, 6.07) is 16.6. The molecule has 3 rings (SSSR count). The molecule has 0 amide bonds. The van der Waals surface area contributed by atoms with Crippen LogP contribution in [0.1, 0.15) is 38.2 Å². The molecule has 0 fully saturated rings. The summed E-state index contributed by atoms with van der Waals surface area (Å²) < 4.78 is 6.77. The van der Waals surface area contributed by atoms with E-state index in [2.05, 4.69) is 0 Å². The van der Waals surface area contributed by atoms with E-state index in [1.165, 1.54) is 6.92 Å². The topological polar surface area (TPSA) is 92.3 Å². The Labute approximate surface area is 174 Å². The minimum absolute atomic E-state index is 0.0402. The molecule has 1 heterocycles. The first-order valence-corrected chi connectivity index (χ1v) is 9.47. The third kappa shape index (κ3) is 3.96. The highest BCUT2D eigenvalue weighted by Crippen LogP contribution is 2.26. The summed E-state index contributed by atoms with van der Waals surface area (Å²) in [6.45, 7) is 4.96. The average Bonchev–Trinajstić information content (AvgIpc) is 2.72. The van der Waals surface area contributed by atoms with Gasteiger partial charge in [0.05, 0.1) is 12.1 Å². The summed E-state index contributed by atoms with van der Waals surface area (Å²) in [7, 11) is 0. The molecule has 6 heteroatoms. The van der Waals surface area contributed by atoms with Crippen molar-refractivity contribution in [1.82, 2.24) is 4.57 Å². The van der Waals surface area contributed by atoms with Gasteiger partial charge in [0, 0.05) is 0 Å². The molecule has 0 bridgehead atoms. The van der Waals surface area contributed by atoms with Gasteiger partial charge in [-0.15, -0.1) is 0 Å². The molecule has 1 aromatic heterocycles. The number of rotatable bonds is 6. The molecule has 1 N–H and O–H groups in total. The molecule has 0 aliphatic carbocycles. The van der Waals surface area contributed by atoms with E-state index in [0.29, 0.717) is 5.75 Å². The largest absolute Gasteiger partial charge is 0.494 e. The van der Waals surface area contributed by atoms with Crippen LogP contribution in [0.15, 0.2) is 53.3 Å². The number of nitrogens with zero attached hydrogens (tertiary/aromatic N) is 2. The maximum absolute atomic E-state index is 13.0. The number of ketones is 1. The van der Waals surface area contributed by atoms with Gasteiger partial charge in [0.1, 0.15) is 17.4 Å². The van der Waals surface area contributed by atoms with E-state index in [0.717, 1.165) is 21.3 Å². The molecule has 30 heavy (non-hydrogen) atoms. The number of aromatic nitrogens is 1. The first kappa shape index (κ1) is 20.9. The Hall–Kier alpha value is -3.85. The van der Waals surface area contributed by atoms with E-state index in [9.17, 15) is 20.0 Å². The summed E-state index contributed by atoms with van der Waals surface area (Å²) in [5.74, 6) is -0.373. The van der Waals surface area contributed by atoms with Gasteiger partial charge in [0.15, 0.2) is 6.61 Å². The fraction of sp³-hybridized carbons (Fsp3) is 0.208. The summed E-state index contributed by atoms with van der Waals surface area (Å²) in [5, 5.41) is 20.3. The fourth-order valence-electron chi connectivity index (χ4n) is 3.43. The van der Waals surface area contributed by atoms with Crippen LogP contribution in [0, 0.1) is 32.1 Å². The molecule has 0 unspecified atom stereocenters. The minimum atomic E-state index is -0.636. The first-order valence-electron chi connectivity index (χ1n) is 9.47. The smallest absolute Gasteiger partial charge is 0.271 e. The predicted molar refractivity (Wildman–Crippen MR) is 113 cm³/mol. The molecule has 0 radical (unpaired) electrons. The Morgan fingerprint density at radius 3 is 2.30 bits per heavy atom. The maximum Gasteiger partial charge on any atom is 0.271 e. The van der Waals surface area contributed by atoms with Crippen molar-refractivity contribution in [3.05, 3.63) is 92.3 Å². The van der Waals surface area contributed by atoms with Crippen molar-refractivity contribution in [3.8, 4) is 17.7 Å². The Kier molecular flexibility index (Phi) is 6.03. The van der Waals surface area contributed by atoms with E-state index >= 15 is 0 Å². The van der Waals surface area contributed by atoms with Gasteiger partial charge in [-0.3, -0.25) is 14.2 Å². The molecular formula is C24H22N2O4. The predicted octanol–water partition coefficient (Wildman–Crippen LogP) is 3.66. The lowest BCUT2D eigenvalue weighted by molar-refractivity contribution is 0.0915. The minimum Gasteiger partial charge on any atom is -0.494 e. The fourth-order valence-corrected chi connectivity index (χ4v) is 3.43. The number of nitriles is 1. The van der Waals surface area contributed by atoms with Gasteiger partial charge in [0.25, 0.3) is 5.56 Å². The summed E-state index contributed by atoms with van der Waals surface area (Å²) in [4.78, 5) is 25.7. The molecule has 152 valence electrons. The quantitative estimate of drug-likeness (QED) is 0.635. The number of pyridine rings is 1. The van der Waals surface area contributed by atoms with Crippen molar-refractivity contribution in [2.75, 3.05) is 6.61 Å². The maximum atomic E-state index is 13.0.